The summed E-state index contributed by atoms with van der Waals surface area (Å²) in [5.41, 5.74) is 6.51. The van der Waals surface area contributed by atoms with Crippen LogP contribution in [-0.2, 0) is 14.8 Å². The number of benzene rings is 1. The molecular formula is C13H22Cl2N4O3S. The maximum Gasteiger partial charge on any atom is 0.239 e. The van der Waals surface area contributed by atoms with Crippen LogP contribution in [0.1, 0.15) is 6.92 Å². The number of nitrogens with zero attached hydrogens (tertiary/aromatic N) is 2. The smallest absolute Gasteiger partial charge is 0.239 e. The van der Waals surface area contributed by atoms with Crippen LogP contribution in [-0.4, -0.2) is 51.4 Å². The van der Waals surface area contributed by atoms with Crippen LogP contribution in [0.3, 0.4) is 0 Å². The van der Waals surface area contributed by atoms with Crippen molar-refractivity contribution in [1.82, 2.24) is 4.90 Å². The Kier molecular flexibility index (Phi) is 8.30. The van der Waals surface area contributed by atoms with E-state index in [1.54, 1.807) is 24.0 Å². The minimum atomic E-state index is -3.67. The number of nitrogens with two attached hydrogens (primary N) is 2. The molecule has 1 saturated heterocycles. The minimum absolute atomic E-state index is 0. The van der Waals surface area contributed by atoms with Gasteiger partial charge in [-0.05, 0) is 31.2 Å². The standard InChI is InChI=1S/C13H20N4O3S.2ClH/c1-10(14)13(18)17-8-6-16(7-9-17)11-2-4-12(5-3-11)21(15,19)20;;/h2-5,10H,6-9,14H2,1H3,(H2,15,19,20);2*1H. The van der Waals surface area contributed by atoms with E-state index in [1.165, 1.54) is 12.1 Å². The quantitative estimate of drug-likeness (QED) is 0.771. The monoisotopic (exact) mass is 384 g/mol. The Balaban J connectivity index is 0.00000242. The molecule has 2 rings (SSSR count). The number of carbonyl (C=O) groups excluding carboxylic acids is 1. The molecule has 1 atom stereocenters. The third-order valence-electron chi connectivity index (χ3n) is 3.51. The fourth-order valence-electron chi connectivity index (χ4n) is 2.32. The third-order valence-corrected chi connectivity index (χ3v) is 4.44. The van der Waals surface area contributed by atoms with Crippen LogP contribution in [0.2, 0.25) is 0 Å². The van der Waals surface area contributed by atoms with E-state index in [4.69, 9.17) is 10.9 Å². The number of carbonyl (C=O) groups is 1. The highest BCUT2D eigenvalue weighted by atomic mass is 35.5. The van der Waals surface area contributed by atoms with Gasteiger partial charge in [0.05, 0.1) is 10.9 Å². The van der Waals surface area contributed by atoms with Crippen molar-refractivity contribution in [3.05, 3.63) is 24.3 Å². The van der Waals surface area contributed by atoms with Crippen LogP contribution in [0.5, 0.6) is 0 Å². The number of rotatable bonds is 3. The Morgan fingerprint density at radius 1 is 1.09 bits per heavy atom. The summed E-state index contributed by atoms with van der Waals surface area (Å²) in [7, 11) is -3.67. The van der Waals surface area contributed by atoms with Gasteiger partial charge in [0, 0.05) is 31.9 Å². The fourth-order valence-corrected chi connectivity index (χ4v) is 2.84. The van der Waals surface area contributed by atoms with Gasteiger partial charge in [-0.2, -0.15) is 0 Å². The SMILES string of the molecule is CC(N)C(=O)N1CCN(c2ccc(S(N)(=O)=O)cc2)CC1.Cl.Cl. The van der Waals surface area contributed by atoms with Crippen LogP contribution < -0.4 is 15.8 Å². The van der Waals surface area contributed by atoms with E-state index in [0.29, 0.717) is 26.2 Å². The fraction of sp³-hybridized carbons (Fsp3) is 0.462. The van der Waals surface area contributed by atoms with Gasteiger partial charge in [0.25, 0.3) is 0 Å². The van der Waals surface area contributed by atoms with Crippen molar-refractivity contribution in [3.63, 3.8) is 0 Å². The molecule has 0 radical (unpaired) electrons. The van der Waals surface area contributed by atoms with Crippen molar-refractivity contribution in [2.24, 2.45) is 10.9 Å². The van der Waals surface area contributed by atoms with E-state index in [9.17, 15) is 13.2 Å². The maximum absolute atomic E-state index is 11.8. The second kappa shape index (κ2) is 8.70. The Morgan fingerprint density at radius 2 is 1.57 bits per heavy atom. The highest BCUT2D eigenvalue weighted by Gasteiger charge is 2.23. The Hall–Kier alpha value is -1.06. The average Bonchev–Trinajstić information content (AvgIpc) is 2.46. The number of amides is 1. The number of halogens is 2. The van der Waals surface area contributed by atoms with E-state index in [1.807, 2.05) is 0 Å². The zero-order chi connectivity index (χ0) is 15.6. The van der Waals surface area contributed by atoms with Gasteiger partial charge in [-0.3, -0.25) is 4.79 Å². The molecule has 7 nitrogen and oxygen atoms in total. The molecule has 0 saturated carbocycles. The minimum Gasteiger partial charge on any atom is -0.368 e. The molecule has 0 spiro atoms. The summed E-state index contributed by atoms with van der Waals surface area (Å²) in [5.74, 6) is -0.0424. The summed E-state index contributed by atoms with van der Waals surface area (Å²) in [5, 5.41) is 5.07. The summed E-state index contributed by atoms with van der Waals surface area (Å²) in [4.78, 5) is 15.7. The van der Waals surface area contributed by atoms with E-state index >= 15 is 0 Å². The van der Waals surface area contributed by atoms with Gasteiger partial charge in [-0.25, -0.2) is 13.6 Å². The summed E-state index contributed by atoms with van der Waals surface area (Å²) in [6.45, 7) is 4.27. The first-order chi connectivity index (χ1) is 9.79. The predicted octanol–water partition coefficient (Wildman–Crippen LogP) is 0.173. The summed E-state index contributed by atoms with van der Waals surface area (Å²) in [6, 6.07) is 5.95. The van der Waals surface area contributed by atoms with E-state index in [2.05, 4.69) is 4.90 Å². The normalized spacial score (nSPS) is 16.1. The number of hydrogen-bond acceptors (Lipinski definition) is 5. The largest absolute Gasteiger partial charge is 0.368 e. The Bertz CT molecular complexity index is 615. The summed E-state index contributed by atoms with van der Waals surface area (Å²) >= 11 is 0. The van der Waals surface area contributed by atoms with Gasteiger partial charge in [0.2, 0.25) is 15.9 Å². The molecule has 1 aliphatic rings. The van der Waals surface area contributed by atoms with Crippen molar-refractivity contribution in [2.45, 2.75) is 17.9 Å². The second-order valence-corrected chi connectivity index (χ2v) is 6.70. The molecular weight excluding hydrogens is 363 g/mol. The van der Waals surface area contributed by atoms with Crippen LogP contribution in [0, 0.1) is 0 Å². The first kappa shape index (κ1) is 21.9. The molecule has 0 aliphatic carbocycles. The van der Waals surface area contributed by atoms with Crippen molar-refractivity contribution < 1.29 is 13.2 Å². The van der Waals surface area contributed by atoms with Crippen LogP contribution in [0.4, 0.5) is 5.69 Å². The molecule has 1 fully saturated rings. The van der Waals surface area contributed by atoms with E-state index in [-0.39, 0.29) is 35.6 Å². The van der Waals surface area contributed by atoms with Gasteiger partial charge in [0.15, 0.2) is 0 Å². The highest BCUT2D eigenvalue weighted by Crippen LogP contribution is 2.19. The topological polar surface area (TPSA) is 110 Å². The first-order valence-electron chi connectivity index (χ1n) is 6.71. The van der Waals surface area contributed by atoms with Gasteiger partial charge in [-0.1, -0.05) is 0 Å². The van der Waals surface area contributed by atoms with Crippen molar-refractivity contribution in [2.75, 3.05) is 31.1 Å². The molecule has 1 aliphatic heterocycles. The molecule has 4 N–H and O–H groups in total. The molecule has 10 heteroatoms. The van der Waals surface area contributed by atoms with E-state index in [0.717, 1.165) is 5.69 Å². The lowest BCUT2D eigenvalue weighted by molar-refractivity contribution is -0.132. The Morgan fingerprint density at radius 3 is 1.96 bits per heavy atom. The molecule has 132 valence electrons. The zero-order valence-electron chi connectivity index (χ0n) is 12.7. The average molecular weight is 385 g/mol. The molecule has 0 bridgehead atoms. The van der Waals surface area contributed by atoms with Crippen LogP contribution in [0.15, 0.2) is 29.2 Å². The van der Waals surface area contributed by atoms with Gasteiger partial charge >= 0.3 is 0 Å². The number of hydrogen-bond donors (Lipinski definition) is 2. The first-order valence-corrected chi connectivity index (χ1v) is 8.26. The molecule has 1 aromatic rings. The predicted molar refractivity (Wildman–Crippen MR) is 94.8 cm³/mol. The molecule has 1 aromatic carbocycles. The number of anilines is 1. The lowest BCUT2D eigenvalue weighted by Gasteiger charge is -2.36. The second-order valence-electron chi connectivity index (χ2n) is 5.14. The van der Waals surface area contributed by atoms with Gasteiger partial charge in [-0.15, -0.1) is 24.8 Å². The molecule has 0 aromatic heterocycles. The molecule has 1 amide bonds. The van der Waals surface area contributed by atoms with Crippen LogP contribution in [0.25, 0.3) is 0 Å². The number of primary sulfonamides is 1. The molecule has 1 heterocycles. The lowest BCUT2D eigenvalue weighted by atomic mass is 10.2. The van der Waals surface area contributed by atoms with Crippen LogP contribution >= 0.6 is 24.8 Å². The van der Waals surface area contributed by atoms with Crippen molar-refractivity contribution in [3.8, 4) is 0 Å². The zero-order valence-corrected chi connectivity index (χ0v) is 15.2. The summed E-state index contributed by atoms with van der Waals surface area (Å²) < 4.78 is 22.4. The summed E-state index contributed by atoms with van der Waals surface area (Å²) in [6.07, 6.45) is 0. The van der Waals surface area contributed by atoms with Gasteiger partial charge in [0.1, 0.15) is 0 Å². The third kappa shape index (κ3) is 5.50. The molecule has 23 heavy (non-hydrogen) atoms. The maximum atomic E-state index is 11.8. The van der Waals surface area contributed by atoms with E-state index < -0.39 is 16.1 Å². The van der Waals surface area contributed by atoms with Crippen molar-refractivity contribution in [1.29, 1.82) is 0 Å². The number of sulfonamides is 1. The van der Waals surface area contributed by atoms with Gasteiger partial charge < -0.3 is 15.5 Å². The Labute approximate surface area is 148 Å². The number of piperazine rings is 1. The van der Waals surface area contributed by atoms with Crippen molar-refractivity contribution >= 4 is 46.4 Å². The highest BCUT2D eigenvalue weighted by molar-refractivity contribution is 7.89. The molecule has 1 unspecified atom stereocenters. The lowest BCUT2D eigenvalue weighted by Crippen LogP contribution is -2.52.